The summed E-state index contributed by atoms with van der Waals surface area (Å²) in [4.78, 5) is 1.97. The monoisotopic (exact) mass is 239 g/mol. The van der Waals surface area contributed by atoms with Crippen LogP contribution in [0, 0.1) is 10.4 Å². The van der Waals surface area contributed by atoms with E-state index < -0.39 is 5.23 Å². The van der Waals surface area contributed by atoms with Crippen molar-refractivity contribution >= 4 is 17.1 Å². The number of benzene rings is 1. The summed E-state index contributed by atoms with van der Waals surface area (Å²) in [6, 6.07) is 4.05. The molecule has 0 aromatic heterocycles. The molecule has 0 amide bonds. The van der Waals surface area contributed by atoms with E-state index in [9.17, 15) is 10.4 Å². The summed E-state index contributed by atoms with van der Waals surface area (Å²) in [5.41, 5.74) is 0.454. The molecule has 0 atom stereocenters. The molecule has 0 saturated carbocycles. The molecule has 1 fully saturated rings. The van der Waals surface area contributed by atoms with Crippen molar-refractivity contribution in [1.29, 1.82) is 0 Å². The van der Waals surface area contributed by atoms with Gasteiger partial charge in [-0.05, 0) is 31.0 Å². The second-order valence-electron chi connectivity index (χ2n) is 3.91. The first-order chi connectivity index (χ1) is 8.09. The summed E-state index contributed by atoms with van der Waals surface area (Å²) in [7, 11) is 0. The Labute approximate surface area is 98.2 Å². The van der Waals surface area contributed by atoms with Crippen LogP contribution >= 0.6 is 0 Å². The van der Waals surface area contributed by atoms with E-state index >= 15 is 0 Å². The van der Waals surface area contributed by atoms with Gasteiger partial charge in [0.2, 0.25) is 0 Å². The lowest BCUT2D eigenvalue weighted by molar-refractivity contribution is 0.0294. The third-order valence-corrected chi connectivity index (χ3v) is 2.83. The molecular formula is C10H13N3O4-2. The summed E-state index contributed by atoms with van der Waals surface area (Å²) in [5, 5.41) is 38.8. The minimum Gasteiger partial charge on any atom is -0.769 e. The summed E-state index contributed by atoms with van der Waals surface area (Å²) in [6.45, 7) is 1.64. The molecule has 1 aliphatic heterocycles. The maximum absolute atomic E-state index is 10.6. The van der Waals surface area contributed by atoms with Gasteiger partial charge in [-0.1, -0.05) is 0 Å². The third kappa shape index (κ3) is 2.42. The van der Waals surface area contributed by atoms with Crippen molar-refractivity contribution in [2.75, 3.05) is 28.4 Å². The number of nitrogens with zero attached hydrogens (tertiary/aromatic N) is 3. The molecule has 1 heterocycles. The van der Waals surface area contributed by atoms with Crippen LogP contribution in [0.3, 0.4) is 0 Å². The van der Waals surface area contributed by atoms with E-state index in [0.717, 1.165) is 32.0 Å². The molecule has 0 bridgehead atoms. The van der Waals surface area contributed by atoms with Crippen LogP contribution in [0.1, 0.15) is 12.8 Å². The van der Waals surface area contributed by atoms with Crippen molar-refractivity contribution in [3.05, 3.63) is 28.6 Å². The van der Waals surface area contributed by atoms with Crippen molar-refractivity contribution in [2.24, 2.45) is 0 Å². The van der Waals surface area contributed by atoms with Crippen molar-refractivity contribution < 1.29 is 10.4 Å². The summed E-state index contributed by atoms with van der Waals surface area (Å²) >= 11 is 0. The topological polar surface area (TPSA) is 96.3 Å². The van der Waals surface area contributed by atoms with Crippen LogP contribution in [0.4, 0.5) is 17.1 Å². The third-order valence-electron chi connectivity index (χ3n) is 2.83. The van der Waals surface area contributed by atoms with Crippen LogP contribution in [-0.2, 0) is 0 Å². The van der Waals surface area contributed by atoms with E-state index in [1.54, 1.807) is 0 Å². The van der Waals surface area contributed by atoms with Gasteiger partial charge in [-0.2, -0.15) is 0 Å². The maximum Gasteiger partial charge on any atom is 0.120 e. The van der Waals surface area contributed by atoms with Crippen LogP contribution < -0.4 is 15.4 Å². The van der Waals surface area contributed by atoms with Crippen molar-refractivity contribution in [2.45, 2.75) is 12.8 Å². The Morgan fingerprint density at radius 1 is 1.12 bits per heavy atom. The molecule has 0 radical (unpaired) electrons. The lowest BCUT2D eigenvalue weighted by Gasteiger charge is -2.38. The number of hydrogen-bond donors (Lipinski definition) is 2. The van der Waals surface area contributed by atoms with E-state index in [2.05, 4.69) is 0 Å². The second kappa shape index (κ2) is 4.76. The standard InChI is InChI=1S/C10H13N3O4/c14-12(15)8-3-4-9(10(7-8)13(16)17)11-5-1-2-6-11/h3-4,7,16-17H,1-2,5-6H2/q-2. The Morgan fingerprint density at radius 3 is 2.29 bits per heavy atom. The Hall–Kier alpha value is -1.54. The zero-order chi connectivity index (χ0) is 12.4. The fourth-order valence-corrected chi connectivity index (χ4v) is 2.01. The molecule has 1 aliphatic rings. The highest BCUT2D eigenvalue weighted by Gasteiger charge is 2.18. The van der Waals surface area contributed by atoms with Gasteiger partial charge in [-0.25, -0.2) is 0 Å². The van der Waals surface area contributed by atoms with Gasteiger partial charge in [0.1, 0.15) is 5.69 Å². The first-order valence-electron chi connectivity index (χ1n) is 5.31. The van der Waals surface area contributed by atoms with E-state index in [-0.39, 0.29) is 16.6 Å². The van der Waals surface area contributed by atoms with Gasteiger partial charge in [0, 0.05) is 18.8 Å². The molecule has 1 aromatic carbocycles. The van der Waals surface area contributed by atoms with Crippen LogP contribution in [0.2, 0.25) is 0 Å². The SMILES string of the molecule is [O-]N([O-])c1ccc(N2CCCC2)c(N(O)O)c1. The Kier molecular flexibility index (Phi) is 3.34. The van der Waals surface area contributed by atoms with Crippen molar-refractivity contribution in [3.8, 4) is 0 Å². The molecule has 0 unspecified atom stereocenters. The van der Waals surface area contributed by atoms with Gasteiger partial charge in [0.25, 0.3) is 0 Å². The van der Waals surface area contributed by atoms with Gasteiger partial charge in [-0.3, -0.25) is 10.4 Å². The normalized spacial score (nSPS) is 15.2. The highest BCUT2D eigenvalue weighted by atomic mass is 16.8. The van der Waals surface area contributed by atoms with Gasteiger partial charge >= 0.3 is 0 Å². The minimum atomic E-state index is -0.569. The van der Waals surface area contributed by atoms with Crippen molar-refractivity contribution in [1.82, 2.24) is 0 Å². The van der Waals surface area contributed by atoms with Crippen molar-refractivity contribution in [3.63, 3.8) is 0 Å². The fourth-order valence-electron chi connectivity index (χ4n) is 2.01. The predicted molar refractivity (Wildman–Crippen MR) is 63.2 cm³/mol. The molecule has 7 heteroatoms. The van der Waals surface area contributed by atoms with Crippen LogP contribution in [0.15, 0.2) is 18.2 Å². The highest BCUT2D eigenvalue weighted by Crippen LogP contribution is 2.33. The summed E-state index contributed by atoms with van der Waals surface area (Å²) in [6.07, 6.45) is 2.07. The molecule has 17 heavy (non-hydrogen) atoms. The maximum atomic E-state index is 10.6. The average molecular weight is 239 g/mol. The van der Waals surface area contributed by atoms with Crippen LogP contribution in [-0.4, -0.2) is 23.5 Å². The van der Waals surface area contributed by atoms with Gasteiger partial charge in [0.15, 0.2) is 0 Å². The number of hydrogen-bond acceptors (Lipinski definition) is 7. The zero-order valence-corrected chi connectivity index (χ0v) is 9.11. The van der Waals surface area contributed by atoms with E-state index in [0.29, 0.717) is 5.69 Å². The largest absolute Gasteiger partial charge is 0.769 e. The predicted octanol–water partition coefficient (Wildman–Crippen LogP) is 1.67. The first kappa shape index (κ1) is 11.9. The first-order valence-corrected chi connectivity index (χ1v) is 5.31. The van der Waals surface area contributed by atoms with Gasteiger partial charge < -0.3 is 20.5 Å². The summed E-state index contributed by atoms with van der Waals surface area (Å²) < 4.78 is 0. The van der Waals surface area contributed by atoms with E-state index in [1.807, 2.05) is 4.90 Å². The fraction of sp³-hybridized carbons (Fsp3) is 0.400. The Bertz CT molecular complexity index is 391. The van der Waals surface area contributed by atoms with Gasteiger partial charge in [0.05, 0.1) is 5.69 Å². The Morgan fingerprint density at radius 2 is 1.76 bits per heavy atom. The molecular weight excluding hydrogens is 226 g/mol. The summed E-state index contributed by atoms with van der Waals surface area (Å²) in [5.74, 6) is 0. The number of rotatable bonds is 3. The zero-order valence-electron chi connectivity index (χ0n) is 9.11. The molecule has 1 saturated heterocycles. The average Bonchev–Trinajstić information content (AvgIpc) is 2.81. The molecule has 2 N–H and O–H groups in total. The molecule has 0 spiro atoms. The van der Waals surface area contributed by atoms with E-state index in [1.165, 1.54) is 12.1 Å². The minimum absolute atomic E-state index is 0.0288. The lowest BCUT2D eigenvalue weighted by atomic mass is 10.2. The van der Waals surface area contributed by atoms with Crippen LogP contribution in [0.5, 0.6) is 0 Å². The highest BCUT2D eigenvalue weighted by molar-refractivity contribution is 5.75. The Balaban J connectivity index is 2.37. The molecule has 94 valence electrons. The quantitative estimate of drug-likeness (QED) is 0.774. The smallest absolute Gasteiger partial charge is 0.120 e. The van der Waals surface area contributed by atoms with E-state index in [4.69, 9.17) is 10.4 Å². The lowest BCUT2D eigenvalue weighted by Crippen LogP contribution is -2.22. The molecule has 7 nitrogen and oxygen atoms in total. The number of anilines is 3. The molecule has 2 rings (SSSR count). The second-order valence-corrected chi connectivity index (χ2v) is 3.91. The van der Waals surface area contributed by atoms with Crippen LogP contribution in [0.25, 0.3) is 0 Å². The van der Waals surface area contributed by atoms with Gasteiger partial charge in [-0.15, -0.1) is 5.23 Å². The molecule has 1 aromatic rings. The molecule has 0 aliphatic carbocycles.